The Morgan fingerprint density at radius 2 is 1.88 bits per heavy atom. The second-order valence-corrected chi connectivity index (χ2v) is 6.68. The molecule has 2 aliphatic rings. The summed E-state index contributed by atoms with van der Waals surface area (Å²) in [6.45, 7) is 0. The van der Waals surface area contributed by atoms with Gasteiger partial charge in [0.15, 0.2) is 0 Å². The first-order chi connectivity index (χ1) is 7.63. The molecule has 0 radical (unpaired) electrons. The first-order valence-corrected chi connectivity index (χ1v) is 7.12. The normalized spacial score (nSPS) is 38.1. The van der Waals surface area contributed by atoms with Crippen LogP contribution < -0.4 is 0 Å². The number of amides is 1. The van der Waals surface area contributed by atoms with Gasteiger partial charge in [0, 0.05) is 34.3 Å². The molecule has 4 nitrogen and oxygen atoms in total. The van der Waals surface area contributed by atoms with Gasteiger partial charge in [-0.2, -0.15) is 0 Å². The van der Waals surface area contributed by atoms with Gasteiger partial charge >= 0.3 is 0 Å². The fourth-order valence-electron chi connectivity index (χ4n) is 2.78. The van der Waals surface area contributed by atoms with E-state index in [0.717, 1.165) is 25.7 Å². The number of fused-ring (bicyclic) bond motifs is 2. The van der Waals surface area contributed by atoms with Gasteiger partial charge in [-0.15, -0.1) is 0 Å². The van der Waals surface area contributed by atoms with Crippen molar-refractivity contribution in [3.63, 3.8) is 0 Å². The van der Waals surface area contributed by atoms with E-state index in [0.29, 0.717) is 0 Å². The van der Waals surface area contributed by atoms with Crippen LogP contribution in [0.15, 0.2) is 0 Å². The van der Waals surface area contributed by atoms with Gasteiger partial charge in [0.25, 0.3) is 0 Å². The molecule has 2 heterocycles. The van der Waals surface area contributed by atoms with Crippen LogP contribution >= 0.6 is 0 Å². The van der Waals surface area contributed by atoms with Crippen molar-refractivity contribution in [2.45, 2.75) is 42.6 Å². The third kappa shape index (κ3) is 2.15. The molecule has 0 N–H and O–H groups in total. The Balaban J connectivity index is 2.04. The molecule has 92 valence electrons. The van der Waals surface area contributed by atoms with Crippen molar-refractivity contribution < 1.29 is 13.8 Å². The molecule has 0 saturated carbocycles. The maximum absolute atomic E-state index is 12.0. The topological polar surface area (TPSA) is 46.6 Å². The number of hydrogen-bond donors (Lipinski definition) is 0. The standard InChI is InChI=1S/C11H19NO3S/c1-12(15-2)11(13)8-6-9-4-3-5-10(7-8)16(9)14/h8-10H,3-7H2,1-2H3. The molecule has 0 aromatic heterocycles. The van der Waals surface area contributed by atoms with Gasteiger partial charge in [0.05, 0.1) is 7.11 Å². The van der Waals surface area contributed by atoms with Gasteiger partial charge < -0.3 is 0 Å². The summed E-state index contributed by atoms with van der Waals surface area (Å²) in [4.78, 5) is 16.9. The molecule has 2 rings (SSSR count). The Labute approximate surface area is 98.7 Å². The van der Waals surface area contributed by atoms with E-state index in [1.165, 1.54) is 18.6 Å². The van der Waals surface area contributed by atoms with Crippen molar-refractivity contribution in [1.82, 2.24) is 5.06 Å². The molecule has 2 saturated heterocycles. The predicted octanol–water partition coefficient (Wildman–Crippen LogP) is 1.09. The number of nitrogens with zero attached hydrogens (tertiary/aromatic N) is 1. The SMILES string of the molecule is CON(C)C(=O)C1CC2CCCC(C1)S2=O. The van der Waals surface area contributed by atoms with Crippen LogP contribution in [-0.2, 0) is 20.4 Å². The quantitative estimate of drug-likeness (QED) is 0.684. The molecule has 16 heavy (non-hydrogen) atoms. The van der Waals surface area contributed by atoms with E-state index in [1.807, 2.05) is 0 Å². The van der Waals surface area contributed by atoms with Gasteiger partial charge in [-0.05, 0) is 25.7 Å². The fraction of sp³-hybridized carbons (Fsp3) is 0.909. The van der Waals surface area contributed by atoms with Crippen molar-refractivity contribution in [3.8, 4) is 0 Å². The molecule has 0 aromatic carbocycles. The Bertz CT molecular complexity index is 292. The minimum atomic E-state index is -0.700. The molecule has 2 fully saturated rings. The summed E-state index contributed by atoms with van der Waals surface area (Å²) >= 11 is 0. The van der Waals surface area contributed by atoms with Crippen LogP contribution in [0.5, 0.6) is 0 Å². The molecular weight excluding hydrogens is 226 g/mol. The van der Waals surface area contributed by atoms with Gasteiger partial charge in [-0.1, -0.05) is 6.42 Å². The molecule has 0 spiro atoms. The third-order valence-electron chi connectivity index (χ3n) is 3.74. The molecule has 2 atom stereocenters. The van der Waals surface area contributed by atoms with Crippen LogP contribution in [0.3, 0.4) is 0 Å². The minimum Gasteiger partial charge on any atom is -0.275 e. The highest BCUT2D eigenvalue weighted by molar-refractivity contribution is 7.86. The maximum Gasteiger partial charge on any atom is 0.249 e. The lowest BCUT2D eigenvalue weighted by Crippen LogP contribution is -2.44. The van der Waals surface area contributed by atoms with E-state index in [9.17, 15) is 9.00 Å². The lowest BCUT2D eigenvalue weighted by Gasteiger charge is -2.38. The van der Waals surface area contributed by atoms with Gasteiger partial charge in [-0.25, -0.2) is 5.06 Å². The highest BCUT2D eigenvalue weighted by Crippen LogP contribution is 2.37. The van der Waals surface area contributed by atoms with Crippen molar-refractivity contribution in [2.24, 2.45) is 5.92 Å². The summed E-state index contributed by atoms with van der Waals surface area (Å²) < 4.78 is 12.0. The first-order valence-electron chi connectivity index (χ1n) is 5.84. The van der Waals surface area contributed by atoms with Crippen molar-refractivity contribution in [1.29, 1.82) is 0 Å². The van der Waals surface area contributed by atoms with Gasteiger partial charge in [0.2, 0.25) is 5.91 Å². The van der Waals surface area contributed by atoms with Crippen molar-refractivity contribution >= 4 is 16.7 Å². The summed E-state index contributed by atoms with van der Waals surface area (Å²) in [7, 11) is 2.44. The molecular formula is C11H19NO3S. The molecule has 2 aliphatic heterocycles. The largest absolute Gasteiger partial charge is 0.275 e. The molecule has 1 amide bonds. The Hall–Kier alpha value is -0.420. The van der Waals surface area contributed by atoms with E-state index >= 15 is 0 Å². The average Bonchev–Trinajstić information content (AvgIpc) is 2.26. The van der Waals surface area contributed by atoms with Crippen LogP contribution in [0.25, 0.3) is 0 Å². The average molecular weight is 245 g/mol. The summed E-state index contributed by atoms with van der Waals surface area (Å²) in [6, 6.07) is 0. The number of hydrogen-bond acceptors (Lipinski definition) is 3. The lowest BCUT2D eigenvalue weighted by atomic mass is 9.89. The Morgan fingerprint density at radius 1 is 1.31 bits per heavy atom. The maximum atomic E-state index is 12.0. The van der Waals surface area contributed by atoms with E-state index in [-0.39, 0.29) is 22.3 Å². The Kier molecular flexibility index (Phi) is 3.64. The van der Waals surface area contributed by atoms with Crippen LogP contribution in [0.1, 0.15) is 32.1 Å². The highest BCUT2D eigenvalue weighted by atomic mass is 32.2. The molecule has 0 aliphatic carbocycles. The zero-order valence-corrected chi connectivity index (χ0v) is 10.7. The summed E-state index contributed by atoms with van der Waals surface area (Å²) in [5.74, 6) is 0.0500. The molecule has 2 unspecified atom stereocenters. The van der Waals surface area contributed by atoms with E-state index < -0.39 is 10.8 Å². The monoisotopic (exact) mass is 245 g/mol. The number of rotatable bonds is 2. The number of carbonyl (C=O) groups is 1. The lowest BCUT2D eigenvalue weighted by molar-refractivity contribution is -0.174. The summed E-state index contributed by atoms with van der Waals surface area (Å²) in [5.41, 5.74) is 0. The predicted molar refractivity (Wildman–Crippen MR) is 62.1 cm³/mol. The smallest absolute Gasteiger partial charge is 0.249 e. The highest BCUT2D eigenvalue weighted by Gasteiger charge is 2.41. The van der Waals surface area contributed by atoms with E-state index in [1.54, 1.807) is 7.05 Å². The van der Waals surface area contributed by atoms with Crippen LogP contribution in [-0.4, -0.2) is 39.8 Å². The summed E-state index contributed by atoms with van der Waals surface area (Å²) in [6.07, 6.45) is 4.75. The number of carbonyl (C=O) groups excluding carboxylic acids is 1. The second kappa shape index (κ2) is 4.84. The Morgan fingerprint density at radius 3 is 2.38 bits per heavy atom. The fourth-order valence-corrected chi connectivity index (χ4v) is 4.97. The molecule has 5 heteroatoms. The van der Waals surface area contributed by atoms with E-state index in [4.69, 9.17) is 4.84 Å². The van der Waals surface area contributed by atoms with Gasteiger partial charge in [-0.3, -0.25) is 13.8 Å². The summed E-state index contributed by atoms with van der Waals surface area (Å²) in [5, 5.41) is 1.78. The molecule has 2 bridgehead atoms. The van der Waals surface area contributed by atoms with Crippen LogP contribution in [0, 0.1) is 5.92 Å². The number of hydroxylamine groups is 2. The third-order valence-corrected chi connectivity index (χ3v) is 5.91. The zero-order valence-electron chi connectivity index (χ0n) is 9.85. The first kappa shape index (κ1) is 12.0. The van der Waals surface area contributed by atoms with Crippen molar-refractivity contribution in [2.75, 3.05) is 14.2 Å². The van der Waals surface area contributed by atoms with Crippen LogP contribution in [0.4, 0.5) is 0 Å². The zero-order chi connectivity index (χ0) is 11.7. The van der Waals surface area contributed by atoms with Gasteiger partial charge in [0.1, 0.15) is 0 Å². The minimum absolute atomic E-state index is 0.0120. The van der Waals surface area contributed by atoms with Crippen LogP contribution in [0.2, 0.25) is 0 Å². The van der Waals surface area contributed by atoms with Crippen molar-refractivity contribution in [3.05, 3.63) is 0 Å². The second-order valence-electron chi connectivity index (χ2n) is 4.69. The molecule has 0 aromatic rings. The van der Waals surface area contributed by atoms with E-state index in [2.05, 4.69) is 0 Å².